The van der Waals surface area contributed by atoms with Gasteiger partial charge >= 0.3 is 0 Å². The molecule has 28 heavy (non-hydrogen) atoms. The number of hydrogen-bond acceptors (Lipinski definition) is 5. The highest BCUT2D eigenvalue weighted by Gasteiger charge is 2.12. The molecule has 7 heteroatoms. The number of amides is 1. The van der Waals surface area contributed by atoms with E-state index in [2.05, 4.69) is 12.2 Å². The number of methoxy groups -OCH3 is 1. The molecule has 154 valence electrons. The molecule has 1 amide bonds. The van der Waals surface area contributed by atoms with Gasteiger partial charge in [-0.05, 0) is 49.6 Å². The molecule has 0 heterocycles. The Hall–Kier alpha value is -2.44. The molecule has 0 radical (unpaired) electrons. The maximum atomic E-state index is 12.2. The second-order valence-electron chi connectivity index (χ2n) is 6.12. The van der Waals surface area contributed by atoms with Crippen molar-refractivity contribution in [3.63, 3.8) is 0 Å². The number of benzene rings is 2. The first kappa shape index (κ1) is 23.6. The van der Waals surface area contributed by atoms with Crippen molar-refractivity contribution in [2.45, 2.75) is 32.7 Å². The maximum absolute atomic E-state index is 12.2. The van der Waals surface area contributed by atoms with Crippen molar-refractivity contribution in [1.82, 2.24) is 0 Å². The van der Waals surface area contributed by atoms with Crippen molar-refractivity contribution in [3.8, 4) is 17.2 Å². The molecule has 0 saturated heterocycles. The molecule has 6 nitrogen and oxygen atoms in total. The zero-order valence-corrected chi connectivity index (χ0v) is 17.4. The van der Waals surface area contributed by atoms with E-state index in [0.29, 0.717) is 29.5 Å². The highest BCUT2D eigenvalue weighted by atomic mass is 35.5. The number of ether oxygens (including phenoxy) is 3. The fraction of sp³-hybridized carbons (Fsp3) is 0.381. The topological polar surface area (TPSA) is 82.8 Å². The monoisotopic (exact) mass is 408 g/mol. The van der Waals surface area contributed by atoms with Crippen molar-refractivity contribution >= 4 is 24.0 Å². The summed E-state index contributed by atoms with van der Waals surface area (Å²) in [5, 5.41) is 2.78. The van der Waals surface area contributed by atoms with Crippen LogP contribution in [0.25, 0.3) is 0 Å². The largest absolute Gasteiger partial charge is 0.495 e. The molecule has 2 aromatic carbocycles. The first-order valence-corrected chi connectivity index (χ1v) is 9.14. The van der Waals surface area contributed by atoms with E-state index in [-0.39, 0.29) is 31.0 Å². The standard InChI is InChI=1S/C21H28N2O4.ClH/c1-4-16(22)12-15-10-11-19(20(13-15)26-5-2)27-14-21(24)23-17-8-6-7-9-18(17)25-3;/h6-11,13,16H,4-5,12,14,22H2,1-3H3,(H,23,24);1H. The summed E-state index contributed by atoms with van der Waals surface area (Å²) < 4.78 is 16.6. The van der Waals surface area contributed by atoms with E-state index in [0.717, 1.165) is 18.4 Å². The second kappa shape index (κ2) is 12.1. The molecule has 0 saturated carbocycles. The van der Waals surface area contributed by atoms with Crippen LogP contribution in [-0.2, 0) is 11.2 Å². The quantitative estimate of drug-likeness (QED) is 0.624. The van der Waals surface area contributed by atoms with Crippen LogP contribution >= 0.6 is 12.4 Å². The normalized spacial score (nSPS) is 11.1. The summed E-state index contributed by atoms with van der Waals surface area (Å²) >= 11 is 0. The average Bonchev–Trinajstić information content (AvgIpc) is 2.68. The molecule has 0 bridgehead atoms. The van der Waals surface area contributed by atoms with Gasteiger partial charge in [-0.3, -0.25) is 4.79 Å². The summed E-state index contributed by atoms with van der Waals surface area (Å²) in [6.07, 6.45) is 1.68. The SMILES string of the molecule is CCOc1cc(CC(N)CC)ccc1OCC(=O)Nc1ccccc1OC.Cl. The number of nitrogens with two attached hydrogens (primary N) is 1. The lowest BCUT2D eigenvalue weighted by Crippen LogP contribution is -2.22. The third-order valence-electron chi connectivity index (χ3n) is 4.07. The molecule has 0 spiro atoms. The molecule has 1 unspecified atom stereocenters. The van der Waals surface area contributed by atoms with E-state index in [4.69, 9.17) is 19.9 Å². The minimum atomic E-state index is -0.279. The smallest absolute Gasteiger partial charge is 0.262 e. The van der Waals surface area contributed by atoms with E-state index >= 15 is 0 Å². The predicted octanol–water partition coefficient (Wildman–Crippen LogP) is 3.81. The van der Waals surface area contributed by atoms with Crippen LogP contribution in [0.3, 0.4) is 0 Å². The second-order valence-corrected chi connectivity index (χ2v) is 6.12. The van der Waals surface area contributed by atoms with E-state index in [9.17, 15) is 4.79 Å². The molecule has 2 aromatic rings. The molecule has 1 atom stereocenters. The van der Waals surface area contributed by atoms with Crippen LogP contribution in [0.4, 0.5) is 5.69 Å². The average molecular weight is 409 g/mol. The summed E-state index contributed by atoms with van der Waals surface area (Å²) in [6.45, 7) is 4.34. The minimum absolute atomic E-state index is 0. The molecule has 3 N–H and O–H groups in total. The number of nitrogens with one attached hydrogen (secondary N) is 1. The number of rotatable bonds is 10. The van der Waals surface area contributed by atoms with Crippen molar-refractivity contribution in [3.05, 3.63) is 48.0 Å². The van der Waals surface area contributed by atoms with Gasteiger partial charge in [0.1, 0.15) is 5.75 Å². The van der Waals surface area contributed by atoms with Crippen molar-refractivity contribution < 1.29 is 19.0 Å². The summed E-state index contributed by atoms with van der Waals surface area (Å²) in [5.41, 5.74) is 7.71. The Kier molecular flexibility index (Phi) is 10.2. The van der Waals surface area contributed by atoms with Crippen molar-refractivity contribution in [2.24, 2.45) is 5.73 Å². The van der Waals surface area contributed by atoms with Crippen LogP contribution in [0.15, 0.2) is 42.5 Å². The number of hydrogen-bond donors (Lipinski definition) is 2. The van der Waals surface area contributed by atoms with Gasteiger partial charge in [-0.15, -0.1) is 12.4 Å². The van der Waals surface area contributed by atoms with E-state index in [1.807, 2.05) is 37.3 Å². The Bertz CT molecular complexity index is 755. The van der Waals surface area contributed by atoms with Crippen LogP contribution < -0.4 is 25.3 Å². The van der Waals surface area contributed by atoms with Crippen LogP contribution in [0, 0.1) is 0 Å². The summed E-state index contributed by atoms with van der Waals surface area (Å²) in [6, 6.07) is 13.0. The molecular formula is C21H29ClN2O4. The lowest BCUT2D eigenvalue weighted by atomic mass is 10.0. The van der Waals surface area contributed by atoms with Crippen LogP contribution in [0.2, 0.25) is 0 Å². The first-order chi connectivity index (χ1) is 13.1. The molecule has 2 rings (SSSR count). The van der Waals surface area contributed by atoms with E-state index in [1.54, 1.807) is 19.2 Å². The van der Waals surface area contributed by atoms with Crippen LogP contribution in [0.5, 0.6) is 17.2 Å². The van der Waals surface area contributed by atoms with Crippen LogP contribution in [-0.4, -0.2) is 32.3 Å². The Morgan fingerprint density at radius 1 is 1.07 bits per heavy atom. The van der Waals surface area contributed by atoms with E-state index < -0.39 is 0 Å². The number of para-hydroxylation sites is 2. The van der Waals surface area contributed by atoms with Gasteiger partial charge in [0.2, 0.25) is 0 Å². The first-order valence-electron chi connectivity index (χ1n) is 9.14. The Morgan fingerprint density at radius 2 is 1.82 bits per heavy atom. The Morgan fingerprint density at radius 3 is 2.50 bits per heavy atom. The zero-order valence-electron chi connectivity index (χ0n) is 16.6. The van der Waals surface area contributed by atoms with Gasteiger partial charge in [0, 0.05) is 6.04 Å². The molecule has 0 fully saturated rings. The Balaban J connectivity index is 0.00000392. The lowest BCUT2D eigenvalue weighted by Gasteiger charge is -2.15. The third kappa shape index (κ3) is 6.94. The number of anilines is 1. The zero-order chi connectivity index (χ0) is 19.6. The van der Waals surface area contributed by atoms with Gasteiger partial charge < -0.3 is 25.3 Å². The summed E-state index contributed by atoms with van der Waals surface area (Å²) in [7, 11) is 1.56. The minimum Gasteiger partial charge on any atom is -0.495 e. The van der Waals surface area contributed by atoms with Gasteiger partial charge in [-0.2, -0.15) is 0 Å². The molecule has 0 aliphatic carbocycles. The highest BCUT2D eigenvalue weighted by Crippen LogP contribution is 2.29. The van der Waals surface area contributed by atoms with Gasteiger partial charge in [0.25, 0.3) is 5.91 Å². The van der Waals surface area contributed by atoms with Crippen molar-refractivity contribution in [1.29, 1.82) is 0 Å². The highest BCUT2D eigenvalue weighted by molar-refractivity contribution is 5.93. The molecular weight excluding hydrogens is 380 g/mol. The molecule has 0 aliphatic rings. The van der Waals surface area contributed by atoms with Gasteiger partial charge in [-0.1, -0.05) is 25.1 Å². The summed E-state index contributed by atoms with van der Waals surface area (Å²) in [4.78, 5) is 12.2. The fourth-order valence-corrected chi connectivity index (χ4v) is 2.59. The van der Waals surface area contributed by atoms with Gasteiger partial charge in [0.15, 0.2) is 18.1 Å². The number of carbonyl (C=O) groups excluding carboxylic acids is 1. The number of halogens is 1. The predicted molar refractivity (Wildman–Crippen MR) is 114 cm³/mol. The summed E-state index contributed by atoms with van der Waals surface area (Å²) in [5.74, 6) is 1.46. The van der Waals surface area contributed by atoms with Crippen molar-refractivity contribution in [2.75, 3.05) is 25.6 Å². The van der Waals surface area contributed by atoms with Gasteiger partial charge in [0.05, 0.1) is 19.4 Å². The third-order valence-corrected chi connectivity index (χ3v) is 4.07. The molecule has 0 aliphatic heterocycles. The number of carbonyl (C=O) groups is 1. The lowest BCUT2D eigenvalue weighted by molar-refractivity contribution is -0.118. The van der Waals surface area contributed by atoms with E-state index in [1.165, 1.54) is 0 Å². The van der Waals surface area contributed by atoms with Gasteiger partial charge in [-0.25, -0.2) is 0 Å². The fourth-order valence-electron chi connectivity index (χ4n) is 2.59. The molecule has 0 aromatic heterocycles. The Labute approximate surface area is 172 Å². The maximum Gasteiger partial charge on any atom is 0.262 e. The van der Waals surface area contributed by atoms with Crippen LogP contribution in [0.1, 0.15) is 25.8 Å².